The van der Waals surface area contributed by atoms with Crippen LogP contribution in [0.5, 0.6) is 0 Å². The molecule has 0 N–H and O–H groups in total. The Bertz CT molecular complexity index is 180. The molecule has 0 bridgehead atoms. The van der Waals surface area contributed by atoms with Crippen LogP contribution in [-0.4, -0.2) is 24.0 Å². The van der Waals surface area contributed by atoms with Crippen LogP contribution in [0.15, 0.2) is 24.8 Å². The summed E-state index contributed by atoms with van der Waals surface area (Å²) >= 11 is 0. The van der Waals surface area contributed by atoms with Crippen molar-refractivity contribution in [3.05, 3.63) is 24.8 Å². The van der Waals surface area contributed by atoms with Gasteiger partial charge in [-0.1, -0.05) is 32.1 Å². The minimum Gasteiger partial charge on any atom is -0.297 e. The zero-order valence-electron chi connectivity index (χ0n) is 8.87. The van der Waals surface area contributed by atoms with Gasteiger partial charge in [0.05, 0.1) is 0 Å². The number of likely N-dealkylation sites (N-methyl/N-ethyl adjacent to an activating group) is 1. The molecule has 2 atom stereocenters. The van der Waals surface area contributed by atoms with E-state index in [2.05, 4.69) is 43.6 Å². The number of hydrogen-bond donors (Lipinski definition) is 0. The zero-order chi connectivity index (χ0) is 9.68. The van der Waals surface area contributed by atoms with Crippen LogP contribution in [0.3, 0.4) is 0 Å². The molecule has 2 unspecified atom stereocenters. The number of allylic oxidation sites excluding steroid dienone is 2. The summed E-state index contributed by atoms with van der Waals surface area (Å²) in [7, 11) is 0. The van der Waals surface area contributed by atoms with Crippen molar-refractivity contribution in [1.82, 2.24) is 4.90 Å². The van der Waals surface area contributed by atoms with Crippen molar-refractivity contribution < 1.29 is 0 Å². The van der Waals surface area contributed by atoms with E-state index in [-0.39, 0.29) is 0 Å². The Labute approximate surface area is 82.1 Å². The Morgan fingerprint density at radius 3 is 2.38 bits per heavy atom. The van der Waals surface area contributed by atoms with Crippen molar-refractivity contribution in [3.63, 3.8) is 0 Å². The zero-order valence-corrected chi connectivity index (χ0v) is 8.87. The van der Waals surface area contributed by atoms with Crippen molar-refractivity contribution in [2.45, 2.75) is 32.7 Å². The molecule has 0 saturated carbocycles. The first kappa shape index (κ1) is 10.5. The van der Waals surface area contributed by atoms with Gasteiger partial charge in [0.2, 0.25) is 0 Å². The van der Waals surface area contributed by atoms with Crippen LogP contribution in [0.4, 0.5) is 0 Å². The lowest BCUT2D eigenvalue weighted by Crippen LogP contribution is -2.35. The highest BCUT2D eigenvalue weighted by Crippen LogP contribution is 2.21. The third kappa shape index (κ3) is 2.70. The summed E-state index contributed by atoms with van der Waals surface area (Å²) in [4.78, 5) is 2.51. The average Bonchev–Trinajstić information content (AvgIpc) is 2.21. The van der Waals surface area contributed by atoms with Gasteiger partial charge >= 0.3 is 0 Å². The van der Waals surface area contributed by atoms with E-state index in [1.807, 2.05) is 0 Å². The summed E-state index contributed by atoms with van der Waals surface area (Å²) < 4.78 is 0. The lowest BCUT2D eigenvalue weighted by molar-refractivity contribution is 0.231. The van der Waals surface area contributed by atoms with E-state index in [0.29, 0.717) is 12.0 Å². The molecule has 0 aromatic carbocycles. The topological polar surface area (TPSA) is 3.24 Å². The van der Waals surface area contributed by atoms with Crippen molar-refractivity contribution in [2.24, 2.45) is 5.92 Å². The van der Waals surface area contributed by atoms with E-state index < -0.39 is 0 Å². The molecule has 0 aromatic rings. The Morgan fingerprint density at radius 1 is 1.31 bits per heavy atom. The first-order valence-electron chi connectivity index (χ1n) is 5.36. The first-order valence-corrected chi connectivity index (χ1v) is 5.36. The van der Waals surface area contributed by atoms with Gasteiger partial charge in [0.1, 0.15) is 0 Å². The van der Waals surface area contributed by atoms with Gasteiger partial charge in [0.25, 0.3) is 0 Å². The van der Waals surface area contributed by atoms with Crippen LogP contribution in [0.2, 0.25) is 0 Å². The SMILES string of the molecule is C=CC1C=CC(N(CC)CC)CC1. The van der Waals surface area contributed by atoms with Crippen LogP contribution in [0, 0.1) is 5.92 Å². The van der Waals surface area contributed by atoms with Crippen molar-refractivity contribution in [2.75, 3.05) is 13.1 Å². The molecule has 1 heteroatoms. The fraction of sp³-hybridized carbons (Fsp3) is 0.667. The third-order valence-electron chi connectivity index (χ3n) is 2.96. The van der Waals surface area contributed by atoms with E-state index in [4.69, 9.17) is 0 Å². The van der Waals surface area contributed by atoms with Gasteiger partial charge in [-0.2, -0.15) is 0 Å². The minimum atomic E-state index is 0.617. The maximum atomic E-state index is 3.83. The van der Waals surface area contributed by atoms with Crippen molar-refractivity contribution >= 4 is 0 Å². The molecular weight excluding hydrogens is 158 g/mol. The summed E-state index contributed by atoms with van der Waals surface area (Å²) in [5.74, 6) is 0.617. The third-order valence-corrected chi connectivity index (χ3v) is 2.96. The highest BCUT2D eigenvalue weighted by molar-refractivity contribution is 5.06. The molecule has 13 heavy (non-hydrogen) atoms. The van der Waals surface area contributed by atoms with Crippen LogP contribution in [-0.2, 0) is 0 Å². The fourth-order valence-corrected chi connectivity index (χ4v) is 2.02. The molecule has 0 heterocycles. The monoisotopic (exact) mass is 179 g/mol. The van der Waals surface area contributed by atoms with E-state index >= 15 is 0 Å². The lowest BCUT2D eigenvalue weighted by atomic mass is 9.92. The molecule has 0 spiro atoms. The number of rotatable bonds is 4. The van der Waals surface area contributed by atoms with Crippen LogP contribution >= 0.6 is 0 Å². The van der Waals surface area contributed by atoms with Crippen molar-refractivity contribution in [3.8, 4) is 0 Å². The quantitative estimate of drug-likeness (QED) is 0.600. The molecular formula is C12H21N. The van der Waals surface area contributed by atoms with Crippen LogP contribution in [0.1, 0.15) is 26.7 Å². The maximum absolute atomic E-state index is 3.83. The molecule has 0 aliphatic heterocycles. The normalized spacial score (nSPS) is 27.9. The van der Waals surface area contributed by atoms with E-state index in [9.17, 15) is 0 Å². The Kier molecular flexibility index (Phi) is 4.23. The Hall–Kier alpha value is -0.560. The number of hydrogen-bond acceptors (Lipinski definition) is 1. The predicted octanol–water partition coefficient (Wildman–Crippen LogP) is 2.85. The summed E-state index contributed by atoms with van der Waals surface area (Å²) in [5.41, 5.74) is 0. The maximum Gasteiger partial charge on any atom is 0.0278 e. The summed E-state index contributed by atoms with van der Waals surface area (Å²) in [6.45, 7) is 10.6. The Balaban J connectivity index is 2.50. The number of nitrogens with zero attached hydrogens (tertiary/aromatic N) is 1. The minimum absolute atomic E-state index is 0.617. The molecule has 1 rings (SSSR count). The van der Waals surface area contributed by atoms with Gasteiger partial charge in [-0.15, -0.1) is 6.58 Å². The second kappa shape index (κ2) is 5.23. The van der Waals surface area contributed by atoms with Gasteiger partial charge in [0.15, 0.2) is 0 Å². The van der Waals surface area contributed by atoms with Gasteiger partial charge in [-0.3, -0.25) is 4.90 Å². The lowest BCUT2D eigenvalue weighted by Gasteiger charge is -2.30. The van der Waals surface area contributed by atoms with E-state index in [1.165, 1.54) is 12.8 Å². The van der Waals surface area contributed by atoms with Crippen molar-refractivity contribution in [1.29, 1.82) is 0 Å². The summed E-state index contributed by atoms with van der Waals surface area (Å²) in [6.07, 6.45) is 9.26. The first-order chi connectivity index (χ1) is 6.31. The molecule has 1 nitrogen and oxygen atoms in total. The van der Waals surface area contributed by atoms with Gasteiger partial charge in [-0.25, -0.2) is 0 Å². The fourth-order valence-electron chi connectivity index (χ4n) is 2.02. The molecule has 0 fully saturated rings. The van der Waals surface area contributed by atoms with Crippen LogP contribution < -0.4 is 0 Å². The molecule has 74 valence electrons. The molecule has 1 aliphatic rings. The average molecular weight is 179 g/mol. The second-order valence-electron chi connectivity index (χ2n) is 3.65. The molecule has 0 amide bonds. The summed E-state index contributed by atoms with van der Waals surface area (Å²) in [5, 5.41) is 0. The highest BCUT2D eigenvalue weighted by atomic mass is 15.1. The highest BCUT2D eigenvalue weighted by Gasteiger charge is 2.17. The van der Waals surface area contributed by atoms with E-state index in [0.717, 1.165) is 13.1 Å². The smallest absolute Gasteiger partial charge is 0.0278 e. The Morgan fingerprint density at radius 2 is 2.00 bits per heavy atom. The largest absolute Gasteiger partial charge is 0.297 e. The standard InChI is InChI=1S/C12H21N/c1-4-11-7-9-12(10-8-11)13(5-2)6-3/h4,7,9,11-12H,1,5-6,8,10H2,2-3H3. The van der Waals surface area contributed by atoms with Gasteiger partial charge < -0.3 is 0 Å². The molecule has 1 aliphatic carbocycles. The molecule has 0 saturated heterocycles. The summed E-state index contributed by atoms with van der Waals surface area (Å²) in [6, 6.07) is 0.672. The van der Waals surface area contributed by atoms with Gasteiger partial charge in [-0.05, 0) is 31.8 Å². The molecule has 0 radical (unpaired) electrons. The predicted molar refractivity (Wildman–Crippen MR) is 58.8 cm³/mol. The van der Waals surface area contributed by atoms with E-state index in [1.54, 1.807) is 0 Å². The molecule has 0 aromatic heterocycles. The van der Waals surface area contributed by atoms with Gasteiger partial charge in [0, 0.05) is 6.04 Å². The second-order valence-corrected chi connectivity index (χ2v) is 3.65. The van der Waals surface area contributed by atoms with Crippen LogP contribution in [0.25, 0.3) is 0 Å².